The van der Waals surface area contributed by atoms with Gasteiger partial charge in [-0.05, 0) is 30.2 Å². The number of benzene rings is 1. The van der Waals surface area contributed by atoms with Gasteiger partial charge in [0.25, 0.3) is 5.91 Å². The van der Waals surface area contributed by atoms with Crippen LogP contribution in [-0.2, 0) is 17.5 Å². The average Bonchev–Trinajstić information content (AvgIpc) is 3.37. The Morgan fingerprint density at radius 3 is 2.96 bits per heavy atom. The Balaban J connectivity index is 1.42. The lowest BCUT2D eigenvalue weighted by Gasteiger charge is -2.07. The molecule has 1 aliphatic rings. The number of nitrogens with zero attached hydrogens (tertiary/aromatic N) is 2. The second-order valence-electron chi connectivity index (χ2n) is 6.51. The first-order valence-electron chi connectivity index (χ1n) is 8.49. The zero-order valence-corrected chi connectivity index (χ0v) is 14.2. The number of hydrogen-bond acceptors (Lipinski definition) is 3. The summed E-state index contributed by atoms with van der Waals surface area (Å²) in [6.07, 6.45) is -0.379. The second kappa shape index (κ2) is 6.73. The molecule has 1 fully saturated rings. The first-order chi connectivity index (χ1) is 12.9. The quantitative estimate of drug-likeness (QED) is 0.732. The van der Waals surface area contributed by atoms with E-state index in [0.29, 0.717) is 35.2 Å². The molecule has 0 spiro atoms. The van der Waals surface area contributed by atoms with Gasteiger partial charge < -0.3 is 15.0 Å². The fraction of sp³-hybridized carbons (Fsp3) is 0.333. The highest BCUT2D eigenvalue weighted by Crippen LogP contribution is 2.31. The van der Waals surface area contributed by atoms with Crippen molar-refractivity contribution in [1.29, 1.82) is 0 Å². The molecular formula is C18H17F3N4O2. The minimum Gasteiger partial charge on any atom is -0.379 e. The normalized spacial score (nSPS) is 17.5. The number of halogens is 3. The highest BCUT2D eigenvalue weighted by molar-refractivity contribution is 5.93. The van der Waals surface area contributed by atoms with Crippen molar-refractivity contribution in [2.45, 2.75) is 25.2 Å². The van der Waals surface area contributed by atoms with Crippen LogP contribution in [0.15, 0.2) is 36.7 Å². The molecule has 0 radical (unpaired) electrons. The maximum absolute atomic E-state index is 12.8. The van der Waals surface area contributed by atoms with Crippen molar-refractivity contribution in [3.63, 3.8) is 0 Å². The Kier molecular flexibility index (Phi) is 4.39. The van der Waals surface area contributed by atoms with Gasteiger partial charge in [0.2, 0.25) is 0 Å². The third-order valence-corrected chi connectivity index (χ3v) is 4.59. The van der Waals surface area contributed by atoms with E-state index in [1.165, 1.54) is 6.20 Å². The van der Waals surface area contributed by atoms with E-state index in [1.807, 2.05) is 0 Å². The number of H-pyrrole nitrogens is 1. The van der Waals surface area contributed by atoms with Crippen molar-refractivity contribution in [2.24, 2.45) is 0 Å². The van der Waals surface area contributed by atoms with E-state index >= 15 is 0 Å². The predicted octanol–water partition coefficient (Wildman–Crippen LogP) is 3.27. The van der Waals surface area contributed by atoms with Crippen LogP contribution in [0.25, 0.3) is 10.9 Å². The molecule has 1 unspecified atom stereocenters. The van der Waals surface area contributed by atoms with Gasteiger partial charge >= 0.3 is 6.18 Å². The average molecular weight is 378 g/mol. The van der Waals surface area contributed by atoms with E-state index in [2.05, 4.69) is 15.4 Å². The molecule has 0 saturated carbocycles. The summed E-state index contributed by atoms with van der Waals surface area (Å²) in [4.78, 5) is 14.6. The smallest absolute Gasteiger partial charge is 0.379 e. The number of fused-ring (bicyclic) bond motifs is 1. The van der Waals surface area contributed by atoms with Crippen LogP contribution in [0.5, 0.6) is 0 Å². The summed E-state index contributed by atoms with van der Waals surface area (Å²) in [6.45, 7) is 1.47. The number of carbonyl (C=O) groups excluding carboxylic acids is 1. The molecule has 2 aromatic heterocycles. The number of ether oxygens (including phenoxy) is 1. The van der Waals surface area contributed by atoms with Gasteiger partial charge in [0.15, 0.2) is 0 Å². The molecule has 1 amide bonds. The first-order valence-corrected chi connectivity index (χ1v) is 8.49. The number of aromatic nitrogens is 3. The lowest BCUT2D eigenvalue weighted by atomic mass is 10.1. The minimum atomic E-state index is -4.42. The summed E-state index contributed by atoms with van der Waals surface area (Å²) in [7, 11) is 0. The summed E-state index contributed by atoms with van der Waals surface area (Å²) < 4.78 is 45.4. The van der Waals surface area contributed by atoms with Crippen molar-refractivity contribution >= 4 is 16.8 Å². The molecule has 142 valence electrons. The Bertz CT molecular complexity index is 971. The van der Waals surface area contributed by atoms with Gasteiger partial charge in [-0.15, -0.1) is 0 Å². The van der Waals surface area contributed by atoms with Crippen LogP contribution < -0.4 is 5.32 Å². The number of rotatable bonds is 4. The summed E-state index contributed by atoms with van der Waals surface area (Å²) >= 11 is 0. The van der Waals surface area contributed by atoms with Crippen LogP contribution in [0.3, 0.4) is 0 Å². The molecule has 1 atom stereocenters. The maximum Gasteiger partial charge on any atom is 0.431 e. The first kappa shape index (κ1) is 17.6. The number of nitrogens with one attached hydrogen (secondary N) is 2. The topological polar surface area (TPSA) is 71.9 Å². The Morgan fingerprint density at radius 1 is 1.37 bits per heavy atom. The largest absolute Gasteiger partial charge is 0.431 e. The third-order valence-electron chi connectivity index (χ3n) is 4.59. The van der Waals surface area contributed by atoms with Crippen molar-refractivity contribution in [3.8, 4) is 0 Å². The van der Waals surface area contributed by atoms with Gasteiger partial charge in [-0.2, -0.15) is 18.3 Å². The second-order valence-corrected chi connectivity index (χ2v) is 6.51. The van der Waals surface area contributed by atoms with Gasteiger partial charge in [-0.25, -0.2) is 0 Å². The Hall–Kier alpha value is -2.81. The number of aromatic amines is 1. The molecule has 3 aromatic rings. The van der Waals surface area contributed by atoms with Crippen LogP contribution in [0.1, 0.15) is 34.1 Å². The number of alkyl halides is 3. The van der Waals surface area contributed by atoms with E-state index < -0.39 is 11.9 Å². The van der Waals surface area contributed by atoms with Crippen LogP contribution >= 0.6 is 0 Å². The molecule has 2 N–H and O–H groups in total. The predicted molar refractivity (Wildman–Crippen MR) is 91.2 cm³/mol. The molecule has 0 aliphatic carbocycles. The van der Waals surface area contributed by atoms with E-state index in [0.717, 1.165) is 12.5 Å². The molecule has 6 nitrogen and oxygen atoms in total. The molecule has 4 rings (SSSR count). The minimum absolute atomic E-state index is 0.144. The van der Waals surface area contributed by atoms with Crippen LogP contribution in [0.2, 0.25) is 0 Å². The highest BCUT2D eigenvalue weighted by atomic mass is 19.4. The van der Waals surface area contributed by atoms with Crippen LogP contribution in [0, 0.1) is 0 Å². The number of hydrogen-bond donors (Lipinski definition) is 2. The van der Waals surface area contributed by atoms with Crippen molar-refractivity contribution < 1.29 is 22.7 Å². The molecule has 3 heterocycles. The van der Waals surface area contributed by atoms with Crippen LogP contribution in [0.4, 0.5) is 13.2 Å². The van der Waals surface area contributed by atoms with E-state index in [4.69, 9.17) is 4.74 Å². The zero-order chi connectivity index (χ0) is 19.0. The highest BCUT2D eigenvalue weighted by Gasteiger charge is 2.32. The number of carbonyl (C=O) groups is 1. The third kappa shape index (κ3) is 3.68. The molecule has 1 saturated heterocycles. The fourth-order valence-corrected chi connectivity index (χ4v) is 3.11. The summed E-state index contributed by atoms with van der Waals surface area (Å²) in [5.74, 6) is -0.287. The fourth-order valence-electron chi connectivity index (χ4n) is 3.11. The number of amides is 1. The van der Waals surface area contributed by atoms with Gasteiger partial charge in [-0.3, -0.25) is 9.48 Å². The molecule has 1 aromatic carbocycles. The van der Waals surface area contributed by atoms with Crippen molar-refractivity contribution in [3.05, 3.63) is 53.5 Å². The summed E-state index contributed by atoms with van der Waals surface area (Å²) in [5, 5.41) is 7.42. The summed E-state index contributed by atoms with van der Waals surface area (Å²) in [6, 6.07) is 6.09. The summed E-state index contributed by atoms with van der Waals surface area (Å²) in [5.41, 5.74) is 0.753. The molecular weight excluding hydrogens is 361 g/mol. The lowest BCUT2D eigenvalue weighted by molar-refractivity contribution is -0.140. The van der Waals surface area contributed by atoms with Gasteiger partial charge in [0, 0.05) is 30.3 Å². The molecule has 0 bridgehead atoms. The van der Waals surface area contributed by atoms with E-state index in [-0.39, 0.29) is 18.5 Å². The zero-order valence-electron chi connectivity index (χ0n) is 14.2. The Labute approximate surface area is 152 Å². The van der Waals surface area contributed by atoms with Crippen molar-refractivity contribution in [2.75, 3.05) is 13.2 Å². The standard InChI is InChI=1S/C18H17F3N4O2/c19-18(20,21)16-6-12-5-11(1-2-15(12)24-16)7-22-17(26)13-8-23-25(9-13)14-3-4-27-10-14/h1-2,5-6,8-9,14,24H,3-4,7,10H2,(H,22,26). The van der Waals surface area contributed by atoms with Crippen molar-refractivity contribution in [1.82, 2.24) is 20.1 Å². The maximum atomic E-state index is 12.8. The lowest BCUT2D eigenvalue weighted by Crippen LogP contribution is -2.22. The monoisotopic (exact) mass is 378 g/mol. The van der Waals surface area contributed by atoms with Gasteiger partial charge in [0.05, 0.1) is 24.4 Å². The SMILES string of the molecule is O=C(NCc1ccc2[nH]c(C(F)(F)F)cc2c1)c1cnn(C2CCOC2)c1. The van der Waals surface area contributed by atoms with Gasteiger partial charge in [-0.1, -0.05) is 6.07 Å². The molecule has 27 heavy (non-hydrogen) atoms. The molecule has 9 heteroatoms. The van der Waals surface area contributed by atoms with Crippen LogP contribution in [-0.4, -0.2) is 33.9 Å². The molecule has 1 aliphatic heterocycles. The Morgan fingerprint density at radius 2 is 2.22 bits per heavy atom. The van der Waals surface area contributed by atoms with Gasteiger partial charge in [0.1, 0.15) is 5.69 Å². The van der Waals surface area contributed by atoms with E-state index in [1.54, 1.807) is 29.1 Å². The van der Waals surface area contributed by atoms with E-state index in [9.17, 15) is 18.0 Å².